The molecule has 4 heteroatoms. The highest BCUT2D eigenvalue weighted by atomic mass is 19.1. The van der Waals surface area contributed by atoms with Crippen molar-refractivity contribution in [2.75, 3.05) is 13.2 Å². The molecule has 1 N–H and O–H groups in total. The van der Waals surface area contributed by atoms with Crippen molar-refractivity contribution in [3.05, 3.63) is 71.5 Å². The molecule has 0 unspecified atom stereocenters. The number of amides is 1. The average molecular weight is 369 g/mol. The number of ether oxygens (including phenoxy) is 1. The summed E-state index contributed by atoms with van der Waals surface area (Å²) in [4.78, 5) is 12.3. The van der Waals surface area contributed by atoms with E-state index in [2.05, 4.69) is 19.2 Å². The van der Waals surface area contributed by atoms with Gasteiger partial charge in [-0.05, 0) is 74.8 Å². The molecule has 1 aliphatic rings. The summed E-state index contributed by atoms with van der Waals surface area (Å²) in [6.07, 6.45) is 2.77. The van der Waals surface area contributed by atoms with Gasteiger partial charge in [-0.3, -0.25) is 4.79 Å². The van der Waals surface area contributed by atoms with Gasteiger partial charge in [0.05, 0.1) is 5.60 Å². The molecule has 2 aromatic rings. The maximum atomic E-state index is 13.4. The molecule has 1 aliphatic heterocycles. The summed E-state index contributed by atoms with van der Waals surface area (Å²) >= 11 is 0. The predicted molar refractivity (Wildman–Crippen MR) is 105 cm³/mol. The number of benzene rings is 2. The van der Waals surface area contributed by atoms with Gasteiger partial charge in [0.25, 0.3) is 5.91 Å². The predicted octanol–water partition coefficient (Wildman–Crippen LogP) is 4.93. The van der Waals surface area contributed by atoms with Gasteiger partial charge in [-0.25, -0.2) is 4.39 Å². The third kappa shape index (κ3) is 5.39. The lowest BCUT2D eigenvalue weighted by molar-refractivity contribution is -0.0771. The van der Waals surface area contributed by atoms with E-state index in [1.54, 1.807) is 0 Å². The number of nitrogens with one attached hydrogen (secondary N) is 1. The average Bonchev–Trinajstić information content (AvgIpc) is 2.66. The van der Waals surface area contributed by atoms with Crippen molar-refractivity contribution < 1.29 is 13.9 Å². The van der Waals surface area contributed by atoms with Crippen LogP contribution in [-0.2, 0) is 4.74 Å². The van der Waals surface area contributed by atoms with Crippen molar-refractivity contribution in [3.63, 3.8) is 0 Å². The molecule has 0 saturated carbocycles. The lowest BCUT2D eigenvalue weighted by atomic mass is 9.75. The Morgan fingerprint density at radius 1 is 1.19 bits per heavy atom. The molecular weight excluding hydrogens is 341 g/mol. The Balaban J connectivity index is 1.68. The Kier molecular flexibility index (Phi) is 6.27. The fraction of sp³-hybridized carbons (Fsp3) is 0.435. The highest BCUT2D eigenvalue weighted by Crippen LogP contribution is 2.39. The van der Waals surface area contributed by atoms with Crippen molar-refractivity contribution in [2.24, 2.45) is 5.92 Å². The highest BCUT2D eigenvalue weighted by Gasteiger charge is 2.34. The maximum Gasteiger partial charge on any atom is 0.251 e. The number of hydrogen-bond donors (Lipinski definition) is 1. The van der Waals surface area contributed by atoms with Gasteiger partial charge in [-0.1, -0.05) is 30.3 Å². The molecule has 0 spiro atoms. The molecule has 2 aromatic carbocycles. The van der Waals surface area contributed by atoms with Crippen LogP contribution < -0.4 is 5.32 Å². The van der Waals surface area contributed by atoms with E-state index in [0.717, 1.165) is 31.4 Å². The third-order valence-electron chi connectivity index (χ3n) is 5.38. The first-order valence-electron chi connectivity index (χ1n) is 9.67. The zero-order valence-corrected chi connectivity index (χ0v) is 16.1. The molecule has 1 fully saturated rings. The standard InChI is InChI=1S/C23H28FNO2/c1-23(2)16-19(13-15-27-23)21(17-8-10-20(24)11-9-17)12-14-25-22(26)18-6-4-3-5-7-18/h3-11,19,21H,12-16H2,1-2H3,(H,25,26)/t19-,21+/m0/s1. The third-order valence-corrected chi connectivity index (χ3v) is 5.38. The van der Waals surface area contributed by atoms with Crippen molar-refractivity contribution in [3.8, 4) is 0 Å². The molecule has 1 saturated heterocycles. The summed E-state index contributed by atoms with van der Waals surface area (Å²) in [7, 11) is 0. The van der Waals surface area contributed by atoms with Crippen LogP contribution >= 0.6 is 0 Å². The van der Waals surface area contributed by atoms with E-state index in [1.807, 2.05) is 42.5 Å². The monoisotopic (exact) mass is 369 g/mol. The van der Waals surface area contributed by atoms with E-state index in [4.69, 9.17) is 4.74 Å². The molecule has 1 amide bonds. The number of rotatable bonds is 6. The molecule has 144 valence electrons. The van der Waals surface area contributed by atoms with Gasteiger partial charge in [0, 0.05) is 18.7 Å². The van der Waals surface area contributed by atoms with E-state index in [-0.39, 0.29) is 23.2 Å². The van der Waals surface area contributed by atoms with Gasteiger partial charge in [0.1, 0.15) is 5.82 Å². The Bertz CT molecular complexity index is 743. The normalized spacial score (nSPS) is 20.0. The molecule has 0 aromatic heterocycles. The SMILES string of the molecule is CC1(C)C[C@@H]([C@H](CCNC(=O)c2ccccc2)c2ccc(F)cc2)CCO1. The van der Waals surface area contributed by atoms with Crippen LogP contribution in [0.5, 0.6) is 0 Å². The minimum atomic E-state index is -0.220. The summed E-state index contributed by atoms with van der Waals surface area (Å²) in [6, 6.07) is 16.0. The molecular formula is C23H28FNO2. The Morgan fingerprint density at radius 2 is 1.89 bits per heavy atom. The van der Waals surface area contributed by atoms with Gasteiger partial charge in [0.15, 0.2) is 0 Å². The van der Waals surface area contributed by atoms with Gasteiger partial charge < -0.3 is 10.1 Å². The minimum absolute atomic E-state index is 0.0548. The van der Waals surface area contributed by atoms with Gasteiger partial charge in [0.2, 0.25) is 0 Å². The summed E-state index contributed by atoms with van der Waals surface area (Å²) in [5.74, 6) is 0.445. The Labute approximate surface area is 160 Å². The van der Waals surface area contributed by atoms with Crippen molar-refractivity contribution in [1.82, 2.24) is 5.32 Å². The molecule has 0 aliphatic carbocycles. The van der Waals surface area contributed by atoms with Crippen molar-refractivity contribution >= 4 is 5.91 Å². The van der Waals surface area contributed by atoms with Crippen LogP contribution in [0.4, 0.5) is 4.39 Å². The van der Waals surface area contributed by atoms with Crippen LogP contribution in [0.25, 0.3) is 0 Å². The highest BCUT2D eigenvalue weighted by molar-refractivity contribution is 5.94. The molecule has 0 bridgehead atoms. The molecule has 3 nitrogen and oxygen atoms in total. The lowest BCUT2D eigenvalue weighted by Gasteiger charge is -2.39. The largest absolute Gasteiger partial charge is 0.376 e. The number of carbonyl (C=O) groups is 1. The molecule has 3 rings (SSSR count). The van der Waals surface area contributed by atoms with E-state index in [9.17, 15) is 9.18 Å². The topological polar surface area (TPSA) is 38.3 Å². The summed E-state index contributed by atoms with van der Waals surface area (Å²) in [5, 5.41) is 3.03. The van der Waals surface area contributed by atoms with Crippen LogP contribution in [0.3, 0.4) is 0 Å². The molecule has 2 atom stereocenters. The maximum absolute atomic E-state index is 13.4. The Hall–Kier alpha value is -2.20. The van der Waals surface area contributed by atoms with Crippen LogP contribution in [0, 0.1) is 11.7 Å². The van der Waals surface area contributed by atoms with E-state index in [1.165, 1.54) is 12.1 Å². The van der Waals surface area contributed by atoms with Crippen LogP contribution in [0.2, 0.25) is 0 Å². The Morgan fingerprint density at radius 3 is 2.56 bits per heavy atom. The van der Waals surface area contributed by atoms with Gasteiger partial charge in [-0.15, -0.1) is 0 Å². The number of halogens is 1. The second kappa shape index (κ2) is 8.66. The molecule has 27 heavy (non-hydrogen) atoms. The first-order chi connectivity index (χ1) is 12.9. The second-order valence-corrected chi connectivity index (χ2v) is 7.93. The number of hydrogen-bond acceptors (Lipinski definition) is 2. The zero-order valence-electron chi connectivity index (χ0n) is 16.1. The lowest BCUT2D eigenvalue weighted by Crippen LogP contribution is -2.37. The van der Waals surface area contributed by atoms with Crippen molar-refractivity contribution in [2.45, 2.75) is 44.6 Å². The van der Waals surface area contributed by atoms with E-state index in [0.29, 0.717) is 18.0 Å². The molecule has 0 radical (unpaired) electrons. The fourth-order valence-electron chi connectivity index (χ4n) is 4.04. The second-order valence-electron chi connectivity index (χ2n) is 7.93. The smallest absolute Gasteiger partial charge is 0.251 e. The molecule has 1 heterocycles. The summed E-state index contributed by atoms with van der Waals surface area (Å²) in [5.41, 5.74) is 1.66. The first kappa shape index (κ1) is 19.6. The van der Waals surface area contributed by atoms with E-state index >= 15 is 0 Å². The van der Waals surface area contributed by atoms with E-state index < -0.39 is 0 Å². The minimum Gasteiger partial charge on any atom is -0.376 e. The zero-order chi connectivity index (χ0) is 19.3. The summed E-state index contributed by atoms with van der Waals surface area (Å²) in [6.45, 7) is 5.58. The fourth-order valence-corrected chi connectivity index (χ4v) is 4.04. The van der Waals surface area contributed by atoms with Crippen LogP contribution in [0.15, 0.2) is 54.6 Å². The summed E-state index contributed by atoms with van der Waals surface area (Å²) < 4.78 is 19.3. The first-order valence-corrected chi connectivity index (χ1v) is 9.67. The van der Waals surface area contributed by atoms with Crippen LogP contribution in [-0.4, -0.2) is 24.7 Å². The van der Waals surface area contributed by atoms with Crippen LogP contribution in [0.1, 0.15) is 54.9 Å². The van der Waals surface area contributed by atoms with Gasteiger partial charge in [-0.2, -0.15) is 0 Å². The van der Waals surface area contributed by atoms with Crippen molar-refractivity contribution in [1.29, 1.82) is 0 Å². The number of carbonyl (C=O) groups excluding carboxylic acids is 1. The van der Waals surface area contributed by atoms with Gasteiger partial charge >= 0.3 is 0 Å². The quantitative estimate of drug-likeness (QED) is 0.784.